The molecule has 0 atom stereocenters. The Bertz CT molecular complexity index is 3330. The Morgan fingerprint density at radius 2 is 0.909 bits per heavy atom. The van der Waals surface area contributed by atoms with Gasteiger partial charge in [0.1, 0.15) is 5.82 Å². The van der Waals surface area contributed by atoms with Crippen LogP contribution in [0.2, 0.25) is 0 Å². The van der Waals surface area contributed by atoms with E-state index in [1.165, 1.54) is 92.8 Å². The standard InChI is InChI=1S/C53H36N2/c1-33-9-6-10-35-17-18-37-12-8-16-48(53(37)51(33)35)47-15-7-11-36-19-24-44-31-42(25-27-46(44)52(36)47)40-21-20-39-30-41(23-22-38(39)29-40)43-26-28-50-49(32-43)54-34(2)55(50)45-13-4-3-5-14-45/h3-32H,1-2H3. The van der Waals surface area contributed by atoms with E-state index >= 15 is 0 Å². The van der Waals surface area contributed by atoms with E-state index in [-0.39, 0.29) is 0 Å². The molecule has 0 amide bonds. The van der Waals surface area contributed by atoms with Crippen LogP contribution < -0.4 is 0 Å². The van der Waals surface area contributed by atoms with E-state index in [1.54, 1.807) is 0 Å². The van der Waals surface area contributed by atoms with E-state index in [9.17, 15) is 0 Å². The third kappa shape index (κ3) is 5.06. The number of benzene rings is 10. The predicted molar refractivity (Wildman–Crippen MR) is 234 cm³/mol. The van der Waals surface area contributed by atoms with Crippen molar-refractivity contribution in [2.45, 2.75) is 13.8 Å². The van der Waals surface area contributed by atoms with Crippen molar-refractivity contribution in [1.82, 2.24) is 9.55 Å². The van der Waals surface area contributed by atoms with Crippen molar-refractivity contribution >= 4 is 64.9 Å². The molecular weight excluding hydrogens is 665 g/mol. The first-order valence-electron chi connectivity index (χ1n) is 19.0. The molecule has 0 fully saturated rings. The van der Waals surface area contributed by atoms with Crippen LogP contribution in [-0.2, 0) is 0 Å². The first-order valence-corrected chi connectivity index (χ1v) is 19.0. The summed E-state index contributed by atoms with van der Waals surface area (Å²) in [6.45, 7) is 4.30. The largest absolute Gasteiger partial charge is 0.297 e. The molecular formula is C53H36N2. The number of imidazole rings is 1. The topological polar surface area (TPSA) is 17.8 Å². The number of aromatic nitrogens is 2. The second-order valence-corrected chi connectivity index (χ2v) is 14.9. The zero-order valence-corrected chi connectivity index (χ0v) is 30.7. The van der Waals surface area contributed by atoms with Gasteiger partial charge in [-0.15, -0.1) is 0 Å². The van der Waals surface area contributed by atoms with Crippen molar-refractivity contribution < 1.29 is 0 Å². The van der Waals surface area contributed by atoms with Crippen molar-refractivity contribution in [1.29, 1.82) is 0 Å². The highest BCUT2D eigenvalue weighted by atomic mass is 15.1. The Morgan fingerprint density at radius 1 is 0.382 bits per heavy atom. The molecule has 2 nitrogen and oxygen atoms in total. The quantitative estimate of drug-likeness (QED) is 0.167. The van der Waals surface area contributed by atoms with E-state index in [0.717, 1.165) is 22.5 Å². The van der Waals surface area contributed by atoms with Crippen LogP contribution in [0.25, 0.3) is 104 Å². The van der Waals surface area contributed by atoms with Crippen LogP contribution in [-0.4, -0.2) is 9.55 Å². The van der Waals surface area contributed by atoms with Crippen LogP contribution in [0.15, 0.2) is 182 Å². The Kier molecular flexibility index (Phi) is 7.02. The number of nitrogens with zero attached hydrogens (tertiary/aromatic N) is 2. The van der Waals surface area contributed by atoms with Gasteiger partial charge in [0, 0.05) is 5.69 Å². The van der Waals surface area contributed by atoms with Crippen LogP contribution in [0.1, 0.15) is 11.4 Å². The molecule has 0 saturated heterocycles. The average Bonchev–Trinajstić information content (AvgIpc) is 3.57. The lowest BCUT2D eigenvalue weighted by Crippen LogP contribution is -1.95. The summed E-state index contributed by atoms with van der Waals surface area (Å²) in [5.41, 5.74) is 11.9. The van der Waals surface area contributed by atoms with Gasteiger partial charge >= 0.3 is 0 Å². The molecule has 1 aromatic heterocycles. The smallest absolute Gasteiger partial charge is 0.111 e. The number of para-hydroxylation sites is 1. The third-order valence-corrected chi connectivity index (χ3v) is 11.6. The Morgan fingerprint density at radius 3 is 1.62 bits per heavy atom. The van der Waals surface area contributed by atoms with E-state index in [2.05, 4.69) is 194 Å². The first kappa shape index (κ1) is 31.5. The molecule has 258 valence electrons. The number of fused-ring (bicyclic) bond motifs is 8. The zero-order chi connectivity index (χ0) is 36.6. The summed E-state index contributed by atoms with van der Waals surface area (Å²) < 4.78 is 2.22. The highest BCUT2D eigenvalue weighted by molar-refractivity contribution is 6.21. The van der Waals surface area contributed by atoms with Crippen LogP contribution in [0.4, 0.5) is 0 Å². The second kappa shape index (κ2) is 12.3. The molecule has 55 heavy (non-hydrogen) atoms. The maximum absolute atomic E-state index is 4.93. The molecule has 0 aliphatic carbocycles. The number of hydrogen-bond acceptors (Lipinski definition) is 1. The molecule has 0 bridgehead atoms. The average molecular weight is 701 g/mol. The number of rotatable bonds is 4. The maximum Gasteiger partial charge on any atom is 0.111 e. The number of hydrogen-bond donors (Lipinski definition) is 0. The van der Waals surface area contributed by atoms with Gasteiger partial charge in [-0.05, 0) is 149 Å². The molecule has 0 unspecified atom stereocenters. The Hall–Kier alpha value is -7.03. The van der Waals surface area contributed by atoms with Gasteiger partial charge in [0.15, 0.2) is 0 Å². The van der Waals surface area contributed by atoms with E-state index in [1.807, 2.05) is 6.07 Å². The molecule has 0 spiro atoms. The normalized spacial score (nSPS) is 11.8. The minimum Gasteiger partial charge on any atom is -0.297 e. The molecule has 0 saturated carbocycles. The Balaban J connectivity index is 0.978. The highest BCUT2D eigenvalue weighted by Crippen LogP contribution is 2.42. The van der Waals surface area contributed by atoms with Gasteiger partial charge in [-0.2, -0.15) is 0 Å². The fraction of sp³-hybridized carbons (Fsp3) is 0.0377. The molecule has 1 heterocycles. The molecule has 0 aliphatic rings. The minimum atomic E-state index is 0.986. The SMILES string of the molecule is Cc1cccc2ccc3cccc(-c4cccc5ccc6cc(-c7ccc8cc(-c9ccc%10c(c9)nc(C)n%10-c9ccccc9)ccc8c7)ccc6c45)c3c12. The van der Waals surface area contributed by atoms with Crippen LogP contribution >= 0.6 is 0 Å². The molecule has 0 radical (unpaired) electrons. The van der Waals surface area contributed by atoms with Gasteiger partial charge in [-0.25, -0.2) is 4.98 Å². The predicted octanol–water partition coefficient (Wildman–Crippen LogP) is 14.4. The van der Waals surface area contributed by atoms with Crippen molar-refractivity contribution in [3.05, 3.63) is 193 Å². The maximum atomic E-state index is 4.93. The summed E-state index contributed by atoms with van der Waals surface area (Å²) in [6.07, 6.45) is 0. The lowest BCUT2D eigenvalue weighted by molar-refractivity contribution is 1.00. The third-order valence-electron chi connectivity index (χ3n) is 11.6. The van der Waals surface area contributed by atoms with Crippen LogP contribution in [0, 0.1) is 13.8 Å². The molecule has 11 aromatic rings. The number of aryl methyl sites for hydroxylation is 2. The summed E-state index contributed by atoms with van der Waals surface area (Å²) in [4.78, 5) is 4.93. The molecule has 2 heteroatoms. The monoisotopic (exact) mass is 700 g/mol. The molecule has 0 N–H and O–H groups in total. The Labute approximate surface area is 319 Å². The van der Waals surface area contributed by atoms with Gasteiger partial charge < -0.3 is 0 Å². The molecule has 11 rings (SSSR count). The lowest BCUT2D eigenvalue weighted by atomic mass is 9.88. The zero-order valence-electron chi connectivity index (χ0n) is 30.7. The highest BCUT2D eigenvalue weighted by Gasteiger charge is 2.15. The van der Waals surface area contributed by atoms with E-state index < -0.39 is 0 Å². The minimum absolute atomic E-state index is 0.986. The fourth-order valence-electron chi connectivity index (χ4n) is 8.97. The van der Waals surface area contributed by atoms with Gasteiger partial charge in [0.05, 0.1) is 11.0 Å². The van der Waals surface area contributed by atoms with Gasteiger partial charge in [-0.3, -0.25) is 4.57 Å². The van der Waals surface area contributed by atoms with Crippen molar-refractivity contribution in [2.75, 3.05) is 0 Å². The summed E-state index contributed by atoms with van der Waals surface area (Å²) >= 11 is 0. The van der Waals surface area contributed by atoms with Gasteiger partial charge in [0.25, 0.3) is 0 Å². The van der Waals surface area contributed by atoms with Crippen LogP contribution in [0.3, 0.4) is 0 Å². The summed E-state index contributed by atoms with van der Waals surface area (Å²) in [5.74, 6) is 0.986. The lowest BCUT2D eigenvalue weighted by Gasteiger charge is -2.16. The van der Waals surface area contributed by atoms with Gasteiger partial charge in [-0.1, -0.05) is 140 Å². The molecule has 0 aliphatic heterocycles. The van der Waals surface area contributed by atoms with Crippen molar-refractivity contribution in [2.24, 2.45) is 0 Å². The summed E-state index contributed by atoms with van der Waals surface area (Å²) in [6, 6.07) is 66.9. The van der Waals surface area contributed by atoms with E-state index in [0.29, 0.717) is 0 Å². The van der Waals surface area contributed by atoms with Gasteiger partial charge in [0.2, 0.25) is 0 Å². The first-order chi connectivity index (χ1) is 27.1. The second-order valence-electron chi connectivity index (χ2n) is 14.9. The van der Waals surface area contributed by atoms with Crippen molar-refractivity contribution in [3.8, 4) is 39.1 Å². The van der Waals surface area contributed by atoms with Crippen LogP contribution in [0.5, 0.6) is 0 Å². The fourth-order valence-corrected chi connectivity index (χ4v) is 8.97. The summed E-state index contributed by atoms with van der Waals surface area (Å²) in [7, 11) is 0. The van der Waals surface area contributed by atoms with E-state index in [4.69, 9.17) is 4.98 Å². The summed E-state index contributed by atoms with van der Waals surface area (Å²) in [5, 5.41) is 12.7. The molecule has 10 aromatic carbocycles. The van der Waals surface area contributed by atoms with Crippen molar-refractivity contribution in [3.63, 3.8) is 0 Å².